The van der Waals surface area contributed by atoms with Crippen molar-refractivity contribution in [2.75, 3.05) is 43.9 Å². The molecule has 1 saturated heterocycles. The van der Waals surface area contributed by atoms with Crippen molar-refractivity contribution in [1.29, 1.82) is 0 Å². The molecule has 1 aliphatic heterocycles. The van der Waals surface area contributed by atoms with Crippen LogP contribution in [0.3, 0.4) is 0 Å². The van der Waals surface area contributed by atoms with Gasteiger partial charge in [-0.25, -0.2) is 8.42 Å². The van der Waals surface area contributed by atoms with E-state index in [0.717, 1.165) is 16.8 Å². The van der Waals surface area contributed by atoms with Gasteiger partial charge >= 0.3 is 0 Å². The van der Waals surface area contributed by atoms with Crippen LogP contribution in [0.1, 0.15) is 11.1 Å². The Labute approximate surface area is 160 Å². The van der Waals surface area contributed by atoms with Crippen LogP contribution in [0.2, 0.25) is 0 Å². The van der Waals surface area contributed by atoms with Crippen molar-refractivity contribution in [1.82, 2.24) is 4.31 Å². The second-order valence-corrected chi connectivity index (χ2v) is 7.68. The van der Waals surface area contributed by atoms with Crippen molar-refractivity contribution >= 4 is 45.6 Å². The summed E-state index contributed by atoms with van der Waals surface area (Å²) in [4.78, 5) is 4.11. The number of hydrogen-bond donors (Lipinski definition) is 2. The SMILES string of the molecule is Cc1cc(C)cc(NC(N)=NCCS(=O)(=O)N2CCOCC2)c1.I. The zero-order valence-electron chi connectivity index (χ0n) is 14.0. The van der Waals surface area contributed by atoms with E-state index in [-0.39, 0.29) is 42.2 Å². The number of ether oxygens (including phenoxy) is 1. The maximum absolute atomic E-state index is 12.2. The topological polar surface area (TPSA) is 97.0 Å². The molecule has 1 aromatic carbocycles. The Morgan fingerprint density at radius 1 is 1.25 bits per heavy atom. The van der Waals surface area contributed by atoms with E-state index in [9.17, 15) is 8.42 Å². The van der Waals surface area contributed by atoms with Crippen molar-refractivity contribution in [2.45, 2.75) is 13.8 Å². The minimum atomic E-state index is -3.30. The highest BCUT2D eigenvalue weighted by atomic mass is 127. The summed E-state index contributed by atoms with van der Waals surface area (Å²) in [7, 11) is -3.30. The lowest BCUT2D eigenvalue weighted by Gasteiger charge is -2.25. The number of hydrogen-bond acceptors (Lipinski definition) is 4. The molecule has 7 nitrogen and oxygen atoms in total. The number of benzene rings is 1. The van der Waals surface area contributed by atoms with E-state index in [2.05, 4.69) is 16.4 Å². The molecular weight excluding hydrogens is 443 g/mol. The molecule has 0 aromatic heterocycles. The van der Waals surface area contributed by atoms with E-state index in [4.69, 9.17) is 10.5 Å². The van der Waals surface area contributed by atoms with Crippen LogP contribution in [0.4, 0.5) is 5.69 Å². The molecule has 1 heterocycles. The first-order chi connectivity index (χ1) is 10.9. The Balaban J connectivity index is 0.00000288. The lowest BCUT2D eigenvalue weighted by molar-refractivity contribution is 0.0731. The number of anilines is 1. The zero-order chi connectivity index (χ0) is 16.9. The van der Waals surface area contributed by atoms with Gasteiger partial charge in [-0.05, 0) is 37.1 Å². The van der Waals surface area contributed by atoms with E-state index >= 15 is 0 Å². The molecule has 9 heteroatoms. The van der Waals surface area contributed by atoms with Gasteiger partial charge in [0, 0.05) is 18.8 Å². The summed E-state index contributed by atoms with van der Waals surface area (Å²) in [6.07, 6.45) is 0. The number of rotatable bonds is 5. The van der Waals surface area contributed by atoms with Crippen LogP contribution >= 0.6 is 24.0 Å². The molecule has 0 radical (unpaired) electrons. The fraction of sp³-hybridized carbons (Fsp3) is 0.533. The lowest BCUT2D eigenvalue weighted by atomic mass is 10.1. The van der Waals surface area contributed by atoms with Crippen LogP contribution < -0.4 is 11.1 Å². The molecule has 0 bridgehead atoms. The van der Waals surface area contributed by atoms with Gasteiger partial charge in [-0.15, -0.1) is 24.0 Å². The highest BCUT2D eigenvalue weighted by Gasteiger charge is 2.23. The molecule has 0 aliphatic carbocycles. The highest BCUT2D eigenvalue weighted by molar-refractivity contribution is 14.0. The molecule has 1 fully saturated rings. The second kappa shape index (κ2) is 9.54. The molecule has 24 heavy (non-hydrogen) atoms. The Morgan fingerprint density at radius 3 is 2.42 bits per heavy atom. The molecule has 0 unspecified atom stereocenters. The van der Waals surface area contributed by atoms with E-state index in [1.807, 2.05) is 26.0 Å². The second-order valence-electron chi connectivity index (χ2n) is 5.60. The first kappa shape index (κ1) is 21.1. The summed E-state index contributed by atoms with van der Waals surface area (Å²) in [6, 6.07) is 5.98. The van der Waals surface area contributed by atoms with Crippen LogP contribution in [-0.2, 0) is 14.8 Å². The van der Waals surface area contributed by atoms with Crippen LogP contribution in [-0.4, -0.2) is 57.3 Å². The fourth-order valence-electron chi connectivity index (χ4n) is 2.47. The normalized spacial score (nSPS) is 16.5. The van der Waals surface area contributed by atoms with Crippen molar-refractivity contribution in [3.05, 3.63) is 29.3 Å². The third kappa shape index (κ3) is 6.54. The number of aliphatic imine (C=N–C) groups is 1. The van der Waals surface area contributed by atoms with Gasteiger partial charge in [0.2, 0.25) is 10.0 Å². The van der Waals surface area contributed by atoms with Gasteiger partial charge in [0.05, 0.1) is 25.5 Å². The molecule has 1 aliphatic rings. The average Bonchev–Trinajstić information content (AvgIpc) is 2.46. The predicted molar refractivity (Wildman–Crippen MR) is 108 cm³/mol. The van der Waals surface area contributed by atoms with Crippen LogP contribution in [0.5, 0.6) is 0 Å². The molecule has 136 valence electrons. The molecular formula is C15H25IN4O3S. The Kier molecular flexibility index (Phi) is 8.40. The molecule has 3 N–H and O–H groups in total. The Morgan fingerprint density at radius 2 is 1.83 bits per heavy atom. The minimum Gasteiger partial charge on any atom is -0.379 e. The Hall–Kier alpha value is -0.910. The van der Waals surface area contributed by atoms with E-state index in [1.54, 1.807) is 0 Å². The number of sulfonamides is 1. The smallest absolute Gasteiger partial charge is 0.216 e. The quantitative estimate of drug-likeness (QED) is 0.386. The standard InChI is InChI=1S/C15H24N4O3S.HI/c1-12-9-13(2)11-14(10-12)18-15(16)17-3-8-23(20,21)19-4-6-22-7-5-19;/h9-11H,3-8H2,1-2H3,(H3,16,17,18);1H. The van der Waals surface area contributed by atoms with Gasteiger partial charge in [-0.2, -0.15) is 4.31 Å². The summed E-state index contributed by atoms with van der Waals surface area (Å²) in [5.41, 5.74) is 8.91. The van der Waals surface area contributed by atoms with Crippen molar-refractivity contribution in [2.24, 2.45) is 10.7 Å². The molecule has 0 saturated carbocycles. The molecule has 0 spiro atoms. The number of nitrogens with zero attached hydrogens (tertiary/aromatic N) is 2. The number of nitrogens with one attached hydrogen (secondary N) is 1. The molecule has 2 rings (SSSR count). The number of guanidine groups is 1. The number of halogens is 1. The third-order valence-corrected chi connectivity index (χ3v) is 5.34. The van der Waals surface area contributed by atoms with Gasteiger partial charge in [-0.3, -0.25) is 4.99 Å². The monoisotopic (exact) mass is 468 g/mol. The van der Waals surface area contributed by atoms with Crippen molar-refractivity contribution in [3.63, 3.8) is 0 Å². The van der Waals surface area contributed by atoms with E-state index in [1.165, 1.54) is 4.31 Å². The van der Waals surface area contributed by atoms with Crippen molar-refractivity contribution in [3.8, 4) is 0 Å². The molecule has 1 aromatic rings. The molecule has 0 amide bonds. The fourth-order valence-corrected chi connectivity index (χ4v) is 3.76. The van der Waals surface area contributed by atoms with Gasteiger partial charge in [0.1, 0.15) is 0 Å². The first-order valence-electron chi connectivity index (χ1n) is 7.57. The first-order valence-corrected chi connectivity index (χ1v) is 9.18. The largest absolute Gasteiger partial charge is 0.379 e. The van der Waals surface area contributed by atoms with Crippen LogP contribution in [0, 0.1) is 13.8 Å². The van der Waals surface area contributed by atoms with E-state index in [0.29, 0.717) is 26.3 Å². The van der Waals surface area contributed by atoms with Crippen LogP contribution in [0.15, 0.2) is 23.2 Å². The summed E-state index contributed by atoms with van der Waals surface area (Å²) in [6.45, 7) is 5.83. The van der Waals surface area contributed by atoms with Crippen molar-refractivity contribution < 1.29 is 13.2 Å². The van der Waals surface area contributed by atoms with Gasteiger partial charge < -0.3 is 15.8 Å². The van der Waals surface area contributed by atoms with E-state index < -0.39 is 10.0 Å². The maximum atomic E-state index is 12.2. The lowest BCUT2D eigenvalue weighted by Crippen LogP contribution is -2.42. The van der Waals surface area contributed by atoms with Crippen LogP contribution in [0.25, 0.3) is 0 Å². The summed E-state index contributed by atoms with van der Waals surface area (Å²) < 4.78 is 30.9. The number of morpholine rings is 1. The zero-order valence-corrected chi connectivity index (χ0v) is 17.1. The predicted octanol–water partition coefficient (Wildman–Crippen LogP) is 1.31. The summed E-state index contributed by atoms with van der Waals surface area (Å²) >= 11 is 0. The average molecular weight is 468 g/mol. The van der Waals surface area contributed by atoms with Gasteiger partial charge in [0.25, 0.3) is 0 Å². The van der Waals surface area contributed by atoms with Gasteiger partial charge in [-0.1, -0.05) is 6.07 Å². The summed E-state index contributed by atoms with van der Waals surface area (Å²) in [5, 5.41) is 2.99. The third-order valence-electron chi connectivity index (χ3n) is 3.49. The number of nitrogens with two attached hydrogens (primary N) is 1. The highest BCUT2D eigenvalue weighted by Crippen LogP contribution is 2.13. The summed E-state index contributed by atoms with van der Waals surface area (Å²) in [5.74, 6) is 0.162. The Bertz CT molecular complexity index is 653. The van der Waals surface area contributed by atoms with Gasteiger partial charge in [0.15, 0.2) is 5.96 Å². The number of aryl methyl sites for hydroxylation is 2. The maximum Gasteiger partial charge on any atom is 0.216 e. The molecule has 0 atom stereocenters. The minimum absolute atomic E-state index is 0.